The van der Waals surface area contributed by atoms with E-state index in [1.165, 1.54) is 0 Å². The van der Waals surface area contributed by atoms with Crippen LogP contribution in [0.2, 0.25) is 0 Å². The monoisotopic (exact) mass is 435 g/mol. The van der Waals surface area contributed by atoms with Gasteiger partial charge in [0.25, 0.3) is 5.56 Å². The number of nitrogens with zero attached hydrogens (tertiary/aromatic N) is 2. The van der Waals surface area contributed by atoms with E-state index < -0.39 is 61.9 Å². The minimum absolute atomic E-state index is 0.137. The Morgan fingerprint density at radius 3 is 2.93 bits per heavy atom. The lowest BCUT2D eigenvalue weighted by atomic mass is 10.1. The predicted molar refractivity (Wildman–Crippen MR) is 91.5 cm³/mol. The Balaban J connectivity index is 1.60. The molecule has 3 aliphatic rings. The standard InChI is InChI=1S/C15H19FN3O9P/c16-8-4-18(10-5-25-11-6-27-29(23,24)28-12(10)11)15(22)19(13(8)20)7-26-14(21)9-2-1-3-17-9/h4,9-12,17H,1-3,5-7H2,(H,23,24)/t9?,10-,11-,12+/m1/s1. The molecule has 3 fully saturated rings. The smallest absolute Gasteiger partial charge is 0.442 e. The molecule has 5 atom stereocenters. The van der Waals surface area contributed by atoms with Crippen LogP contribution in [-0.4, -0.2) is 58.0 Å². The van der Waals surface area contributed by atoms with Gasteiger partial charge in [0.05, 0.1) is 25.5 Å². The van der Waals surface area contributed by atoms with Gasteiger partial charge in [-0.3, -0.25) is 23.2 Å². The van der Waals surface area contributed by atoms with Gasteiger partial charge in [0, 0.05) is 0 Å². The number of hydrogen-bond donors (Lipinski definition) is 2. The second-order valence-corrected chi connectivity index (χ2v) is 8.32. The van der Waals surface area contributed by atoms with Gasteiger partial charge in [-0.1, -0.05) is 0 Å². The summed E-state index contributed by atoms with van der Waals surface area (Å²) in [6, 6.07) is -1.52. The van der Waals surface area contributed by atoms with E-state index in [0.29, 0.717) is 23.7 Å². The largest absolute Gasteiger partial charge is 0.472 e. The number of carbonyl (C=O) groups excluding carboxylic acids is 1. The molecule has 2 unspecified atom stereocenters. The summed E-state index contributed by atoms with van der Waals surface area (Å²) < 4.78 is 47.3. The maximum atomic E-state index is 14.2. The highest BCUT2D eigenvalue weighted by Gasteiger charge is 2.49. The van der Waals surface area contributed by atoms with Crippen LogP contribution in [0.5, 0.6) is 0 Å². The molecule has 0 aromatic carbocycles. The van der Waals surface area contributed by atoms with Crippen molar-refractivity contribution < 1.29 is 37.2 Å². The van der Waals surface area contributed by atoms with Gasteiger partial charge in [-0.15, -0.1) is 0 Å². The molecular weight excluding hydrogens is 416 g/mol. The third-order valence-corrected chi connectivity index (χ3v) is 6.06. The zero-order valence-corrected chi connectivity index (χ0v) is 16.0. The van der Waals surface area contributed by atoms with E-state index in [4.69, 9.17) is 14.0 Å². The van der Waals surface area contributed by atoms with Crippen LogP contribution in [0.3, 0.4) is 0 Å². The summed E-state index contributed by atoms with van der Waals surface area (Å²) in [6.07, 6.45) is 0.224. The summed E-state index contributed by atoms with van der Waals surface area (Å²) in [5.74, 6) is -1.91. The van der Waals surface area contributed by atoms with Gasteiger partial charge in [-0.2, -0.15) is 4.39 Å². The van der Waals surface area contributed by atoms with E-state index in [9.17, 15) is 28.2 Å². The summed E-state index contributed by atoms with van der Waals surface area (Å²) in [5, 5.41) is 2.91. The summed E-state index contributed by atoms with van der Waals surface area (Å²) in [4.78, 5) is 46.4. The Morgan fingerprint density at radius 1 is 1.41 bits per heavy atom. The molecule has 14 heteroatoms. The first-order valence-corrected chi connectivity index (χ1v) is 10.5. The van der Waals surface area contributed by atoms with Gasteiger partial charge in [0.15, 0.2) is 6.73 Å². The number of nitrogens with one attached hydrogen (secondary N) is 1. The van der Waals surface area contributed by atoms with Crippen LogP contribution in [0.15, 0.2) is 15.8 Å². The van der Waals surface area contributed by atoms with Crippen LogP contribution >= 0.6 is 7.82 Å². The molecule has 0 saturated carbocycles. The Kier molecular flexibility index (Phi) is 5.44. The first-order chi connectivity index (χ1) is 13.8. The number of halogens is 1. The highest BCUT2D eigenvalue weighted by atomic mass is 31.2. The summed E-state index contributed by atoms with van der Waals surface area (Å²) in [7, 11) is -4.33. The van der Waals surface area contributed by atoms with E-state index in [1.54, 1.807) is 0 Å². The molecule has 0 amide bonds. The number of esters is 1. The Hall–Kier alpha value is -1.89. The second-order valence-electron chi connectivity index (χ2n) is 6.91. The zero-order chi connectivity index (χ0) is 20.8. The summed E-state index contributed by atoms with van der Waals surface area (Å²) in [6.45, 7) is -0.494. The quantitative estimate of drug-likeness (QED) is 0.439. The lowest BCUT2D eigenvalue weighted by Crippen LogP contribution is -2.47. The molecule has 4 heterocycles. The van der Waals surface area contributed by atoms with E-state index in [0.717, 1.165) is 11.0 Å². The third kappa shape index (κ3) is 3.93. The molecular formula is C15H19FN3O9P. The van der Waals surface area contributed by atoms with Crippen molar-refractivity contribution in [1.29, 1.82) is 0 Å². The second kappa shape index (κ2) is 7.74. The minimum atomic E-state index is -4.33. The number of phosphoric ester groups is 1. The van der Waals surface area contributed by atoms with Crippen LogP contribution in [0.25, 0.3) is 0 Å². The average molecular weight is 435 g/mol. The molecule has 0 aliphatic carbocycles. The molecule has 3 saturated heterocycles. The summed E-state index contributed by atoms with van der Waals surface area (Å²) >= 11 is 0. The van der Waals surface area contributed by atoms with Crippen molar-refractivity contribution in [3.63, 3.8) is 0 Å². The lowest BCUT2D eigenvalue weighted by molar-refractivity contribution is -0.149. The maximum absolute atomic E-state index is 14.2. The molecule has 0 bridgehead atoms. The topological polar surface area (TPSA) is 147 Å². The molecule has 0 radical (unpaired) electrons. The third-order valence-electron chi connectivity index (χ3n) is 5.08. The van der Waals surface area contributed by atoms with Crippen molar-refractivity contribution in [2.75, 3.05) is 19.8 Å². The van der Waals surface area contributed by atoms with Gasteiger partial charge in [0.2, 0.25) is 5.82 Å². The molecule has 29 heavy (non-hydrogen) atoms. The van der Waals surface area contributed by atoms with Gasteiger partial charge < -0.3 is 19.7 Å². The maximum Gasteiger partial charge on any atom is 0.472 e. The van der Waals surface area contributed by atoms with Crippen molar-refractivity contribution in [2.24, 2.45) is 0 Å². The number of hydrogen-bond acceptors (Lipinski definition) is 9. The molecule has 3 aliphatic heterocycles. The highest BCUT2D eigenvalue weighted by Crippen LogP contribution is 2.52. The van der Waals surface area contributed by atoms with Gasteiger partial charge in [0.1, 0.15) is 18.2 Å². The van der Waals surface area contributed by atoms with Crippen LogP contribution in [0, 0.1) is 5.82 Å². The zero-order valence-electron chi connectivity index (χ0n) is 15.1. The fourth-order valence-corrected chi connectivity index (χ4v) is 4.56. The van der Waals surface area contributed by atoms with Crippen LogP contribution in [0.1, 0.15) is 18.9 Å². The number of carbonyl (C=O) groups is 1. The van der Waals surface area contributed by atoms with E-state index in [-0.39, 0.29) is 13.2 Å². The SMILES string of the molecule is O=C(OCn1c(=O)c(F)cn([C@@H]2CO[C@@H]3COP(=O)(O)O[C@@H]23)c1=O)C1CCCN1. The number of fused-ring (bicyclic) bond motifs is 1. The predicted octanol–water partition coefficient (Wildman–Crippen LogP) is -1.14. The molecule has 0 spiro atoms. The Bertz CT molecular complexity index is 973. The van der Waals surface area contributed by atoms with Crippen molar-refractivity contribution in [2.45, 2.75) is 43.9 Å². The van der Waals surface area contributed by atoms with E-state index >= 15 is 0 Å². The van der Waals surface area contributed by atoms with Crippen LogP contribution in [-0.2, 0) is 34.6 Å². The highest BCUT2D eigenvalue weighted by molar-refractivity contribution is 7.47. The van der Waals surface area contributed by atoms with Gasteiger partial charge in [-0.05, 0) is 19.4 Å². The first kappa shape index (κ1) is 20.4. The van der Waals surface area contributed by atoms with Gasteiger partial charge in [-0.25, -0.2) is 13.9 Å². The molecule has 12 nitrogen and oxygen atoms in total. The van der Waals surface area contributed by atoms with Crippen molar-refractivity contribution in [3.05, 3.63) is 32.9 Å². The Morgan fingerprint density at radius 2 is 2.21 bits per heavy atom. The average Bonchev–Trinajstić information content (AvgIpc) is 3.33. The molecule has 160 valence electrons. The van der Waals surface area contributed by atoms with E-state index in [2.05, 4.69) is 9.84 Å². The van der Waals surface area contributed by atoms with Gasteiger partial charge >= 0.3 is 19.5 Å². The van der Waals surface area contributed by atoms with Crippen LogP contribution in [0.4, 0.5) is 4.39 Å². The molecule has 4 rings (SSSR count). The number of aromatic nitrogens is 2. The molecule has 1 aromatic heterocycles. The van der Waals surface area contributed by atoms with E-state index in [1.807, 2.05) is 0 Å². The van der Waals surface area contributed by atoms with Crippen LogP contribution < -0.4 is 16.6 Å². The van der Waals surface area contributed by atoms with Crippen molar-refractivity contribution >= 4 is 13.8 Å². The fraction of sp³-hybridized carbons (Fsp3) is 0.667. The normalized spacial score (nSPS) is 34.1. The number of phosphoric acid groups is 1. The van der Waals surface area contributed by atoms with Crippen molar-refractivity contribution in [3.8, 4) is 0 Å². The fourth-order valence-electron chi connectivity index (χ4n) is 3.58. The molecule has 1 aromatic rings. The molecule has 2 N–H and O–H groups in total. The minimum Gasteiger partial charge on any atom is -0.442 e. The summed E-state index contributed by atoms with van der Waals surface area (Å²) in [5.41, 5.74) is -2.23. The Labute approximate surface area is 162 Å². The lowest BCUT2D eigenvalue weighted by Gasteiger charge is -2.30. The number of ether oxygens (including phenoxy) is 2. The number of rotatable bonds is 4. The first-order valence-electron chi connectivity index (χ1n) is 8.96. The van der Waals surface area contributed by atoms with Crippen molar-refractivity contribution in [1.82, 2.24) is 14.5 Å².